The van der Waals surface area contributed by atoms with Crippen molar-refractivity contribution >= 4 is 15.9 Å². The number of rotatable bonds is 10. The van der Waals surface area contributed by atoms with Crippen LogP contribution in [0.25, 0.3) is 0 Å². The van der Waals surface area contributed by atoms with Crippen LogP contribution >= 0.6 is 15.9 Å². The van der Waals surface area contributed by atoms with Gasteiger partial charge in [0, 0.05) is 23.7 Å². The molecule has 3 heteroatoms. The summed E-state index contributed by atoms with van der Waals surface area (Å²) in [7, 11) is 0. The van der Waals surface area contributed by atoms with E-state index in [1.807, 2.05) is 6.92 Å². The van der Waals surface area contributed by atoms with Crippen LogP contribution in [0.1, 0.15) is 38.7 Å². The smallest absolute Gasteiger partial charge is 0.0466 e. The topological polar surface area (TPSA) is 21.3 Å². The Bertz CT molecular complexity index is 343. The standard InChI is InChI=1S/C16H26BrNO/c1-3-11-18-15(9-7-12-19-4-2)13-14-8-5-6-10-16(14)17/h5-6,8,10,15,18H,3-4,7,9,11-13H2,1-2H3. The van der Waals surface area contributed by atoms with Crippen molar-refractivity contribution in [2.45, 2.75) is 45.6 Å². The van der Waals surface area contributed by atoms with E-state index in [1.165, 1.54) is 22.9 Å². The van der Waals surface area contributed by atoms with Gasteiger partial charge in [0.1, 0.15) is 0 Å². The Labute approximate surface area is 126 Å². The molecule has 2 nitrogen and oxygen atoms in total. The predicted molar refractivity (Wildman–Crippen MR) is 85.7 cm³/mol. The molecule has 1 aromatic carbocycles. The number of ether oxygens (including phenoxy) is 1. The lowest BCUT2D eigenvalue weighted by Gasteiger charge is -2.19. The summed E-state index contributed by atoms with van der Waals surface area (Å²) in [6.07, 6.45) is 4.55. The van der Waals surface area contributed by atoms with E-state index < -0.39 is 0 Å². The molecule has 0 saturated heterocycles. The molecule has 0 amide bonds. The Kier molecular flexibility index (Phi) is 9.14. The molecule has 1 unspecified atom stereocenters. The first-order valence-electron chi connectivity index (χ1n) is 7.32. The third kappa shape index (κ3) is 7.09. The van der Waals surface area contributed by atoms with Crippen LogP contribution < -0.4 is 5.32 Å². The lowest BCUT2D eigenvalue weighted by molar-refractivity contribution is 0.140. The minimum absolute atomic E-state index is 0.541. The van der Waals surface area contributed by atoms with Gasteiger partial charge in [-0.15, -0.1) is 0 Å². The third-order valence-electron chi connectivity index (χ3n) is 3.15. The monoisotopic (exact) mass is 327 g/mol. The van der Waals surface area contributed by atoms with E-state index in [1.54, 1.807) is 0 Å². The van der Waals surface area contributed by atoms with Gasteiger partial charge in [-0.05, 0) is 50.8 Å². The summed E-state index contributed by atoms with van der Waals surface area (Å²) in [5.41, 5.74) is 1.38. The normalized spacial score (nSPS) is 12.6. The third-order valence-corrected chi connectivity index (χ3v) is 3.93. The summed E-state index contributed by atoms with van der Waals surface area (Å²) in [4.78, 5) is 0. The first-order chi connectivity index (χ1) is 9.27. The molecule has 1 atom stereocenters. The van der Waals surface area contributed by atoms with Crippen molar-refractivity contribution < 1.29 is 4.74 Å². The van der Waals surface area contributed by atoms with Gasteiger partial charge in [0.15, 0.2) is 0 Å². The van der Waals surface area contributed by atoms with Crippen LogP contribution in [0.15, 0.2) is 28.7 Å². The molecular weight excluding hydrogens is 302 g/mol. The Morgan fingerprint density at radius 3 is 2.74 bits per heavy atom. The van der Waals surface area contributed by atoms with E-state index in [4.69, 9.17) is 4.74 Å². The Balaban J connectivity index is 2.46. The lowest BCUT2D eigenvalue weighted by atomic mass is 10.0. The number of nitrogens with one attached hydrogen (secondary N) is 1. The van der Waals surface area contributed by atoms with Crippen molar-refractivity contribution in [3.8, 4) is 0 Å². The van der Waals surface area contributed by atoms with E-state index in [2.05, 4.69) is 52.4 Å². The fourth-order valence-corrected chi connectivity index (χ4v) is 2.58. The summed E-state index contributed by atoms with van der Waals surface area (Å²) in [6.45, 7) is 7.04. The Morgan fingerprint density at radius 1 is 1.26 bits per heavy atom. The minimum atomic E-state index is 0.541. The molecule has 0 saturated carbocycles. The second-order valence-electron chi connectivity index (χ2n) is 4.79. The maximum absolute atomic E-state index is 5.43. The van der Waals surface area contributed by atoms with Crippen LogP contribution in [-0.4, -0.2) is 25.8 Å². The summed E-state index contributed by atoms with van der Waals surface area (Å²) in [5, 5.41) is 3.65. The molecule has 108 valence electrons. The van der Waals surface area contributed by atoms with Crippen LogP contribution in [0.5, 0.6) is 0 Å². The second-order valence-corrected chi connectivity index (χ2v) is 5.64. The van der Waals surface area contributed by atoms with E-state index in [0.29, 0.717) is 6.04 Å². The van der Waals surface area contributed by atoms with E-state index in [-0.39, 0.29) is 0 Å². The van der Waals surface area contributed by atoms with Crippen LogP contribution in [0.4, 0.5) is 0 Å². The largest absolute Gasteiger partial charge is 0.382 e. The Morgan fingerprint density at radius 2 is 2.05 bits per heavy atom. The predicted octanol–water partition coefficient (Wildman–Crippen LogP) is 4.18. The van der Waals surface area contributed by atoms with Gasteiger partial charge in [-0.25, -0.2) is 0 Å². The highest BCUT2D eigenvalue weighted by Gasteiger charge is 2.10. The van der Waals surface area contributed by atoms with Crippen molar-refractivity contribution in [3.05, 3.63) is 34.3 Å². The molecule has 1 rings (SSSR count). The number of hydrogen-bond donors (Lipinski definition) is 1. The molecule has 19 heavy (non-hydrogen) atoms. The number of hydrogen-bond acceptors (Lipinski definition) is 2. The van der Waals surface area contributed by atoms with Gasteiger partial charge in [-0.1, -0.05) is 41.1 Å². The van der Waals surface area contributed by atoms with Crippen molar-refractivity contribution in [2.75, 3.05) is 19.8 Å². The SMILES string of the molecule is CCCNC(CCCOCC)Cc1ccccc1Br. The molecule has 0 spiro atoms. The fraction of sp³-hybridized carbons (Fsp3) is 0.625. The average Bonchev–Trinajstić information content (AvgIpc) is 2.43. The molecule has 0 aliphatic rings. The molecule has 0 aromatic heterocycles. The van der Waals surface area contributed by atoms with Gasteiger partial charge in [-0.3, -0.25) is 0 Å². The molecule has 0 aliphatic carbocycles. The van der Waals surface area contributed by atoms with E-state index in [9.17, 15) is 0 Å². The first-order valence-corrected chi connectivity index (χ1v) is 8.11. The highest BCUT2D eigenvalue weighted by Crippen LogP contribution is 2.18. The number of benzene rings is 1. The molecule has 0 bridgehead atoms. The molecule has 0 heterocycles. The molecule has 0 radical (unpaired) electrons. The summed E-state index contributed by atoms with van der Waals surface area (Å²) in [5.74, 6) is 0. The second kappa shape index (κ2) is 10.4. The molecular formula is C16H26BrNO. The zero-order valence-corrected chi connectivity index (χ0v) is 13.7. The van der Waals surface area contributed by atoms with Gasteiger partial charge < -0.3 is 10.1 Å². The van der Waals surface area contributed by atoms with Crippen molar-refractivity contribution in [1.82, 2.24) is 5.32 Å². The summed E-state index contributed by atoms with van der Waals surface area (Å²) < 4.78 is 6.64. The molecule has 1 N–H and O–H groups in total. The van der Waals surface area contributed by atoms with Gasteiger partial charge in [0.05, 0.1) is 0 Å². The van der Waals surface area contributed by atoms with Crippen LogP contribution in [0, 0.1) is 0 Å². The molecule has 0 fully saturated rings. The summed E-state index contributed by atoms with van der Waals surface area (Å²) >= 11 is 3.63. The maximum atomic E-state index is 5.43. The van der Waals surface area contributed by atoms with E-state index in [0.717, 1.165) is 32.6 Å². The Hall–Kier alpha value is -0.380. The van der Waals surface area contributed by atoms with Crippen molar-refractivity contribution in [1.29, 1.82) is 0 Å². The quantitative estimate of drug-likeness (QED) is 0.651. The zero-order chi connectivity index (χ0) is 13.9. The first kappa shape index (κ1) is 16.7. The molecule has 1 aromatic rings. The minimum Gasteiger partial charge on any atom is -0.382 e. The zero-order valence-electron chi connectivity index (χ0n) is 12.1. The van der Waals surface area contributed by atoms with Gasteiger partial charge >= 0.3 is 0 Å². The van der Waals surface area contributed by atoms with Gasteiger partial charge in [0.25, 0.3) is 0 Å². The van der Waals surface area contributed by atoms with Crippen molar-refractivity contribution in [2.24, 2.45) is 0 Å². The van der Waals surface area contributed by atoms with Crippen LogP contribution in [0.2, 0.25) is 0 Å². The highest BCUT2D eigenvalue weighted by molar-refractivity contribution is 9.10. The average molecular weight is 328 g/mol. The van der Waals surface area contributed by atoms with E-state index >= 15 is 0 Å². The summed E-state index contributed by atoms with van der Waals surface area (Å²) in [6, 6.07) is 9.03. The lowest BCUT2D eigenvalue weighted by Crippen LogP contribution is -2.32. The molecule has 0 aliphatic heterocycles. The van der Waals surface area contributed by atoms with Crippen LogP contribution in [-0.2, 0) is 11.2 Å². The van der Waals surface area contributed by atoms with Crippen LogP contribution in [0.3, 0.4) is 0 Å². The number of halogens is 1. The maximum Gasteiger partial charge on any atom is 0.0466 e. The fourth-order valence-electron chi connectivity index (χ4n) is 2.13. The van der Waals surface area contributed by atoms with Gasteiger partial charge in [-0.2, -0.15) is 0 Å². The highest BCUT2D eigenvalue weighted by atomic mass is 79.9. The van der Waals surface area contributed by atoms with Gasteiger partial charge in [0.2, 0.25) is 0 Å². The van der Waals surface area contributed by atoms with Crippen molar-refractivity contribution in [3.63, 3.8) is 0 Å².